The lowest BCUT2D eigenvalue weighted by Gasteiger charge is -2.05. The van der Waals surface area contributed by atoms with Crippen LogP contribution in [0.5, 0.6) is 0 Å². The molecule has 1 unspecified atom stereocenters. The number of nitrogen functional groups attached to an aromatic ring is 1. The Labute approximate surface area is 64.5 Å². The van der Waals surface area contributed by atoms with Gasteiger partial charge < -0.3 is 11.2 Å². The van der Waals surface area contributed by atoms with Gasteiger partial charge in [-0.1, -0.05) is 6.92 Å². The fourth-order valence-corrected chi connectivity index (χ4v) is 1.23. The molecule has 60 valence electrons. The van der Waals surface area contributed by atoms with E-state index in [1.807, 2.05) is 4.68 Å². The van der Waals surface area contributed by atoms with Gasteiger partial charge in [0, 0.05) is 0 Å². The summed E-state index contributed by atoms with van der Waals surface area (Å²) in [5.74, 6) is 0.872. The molecule has 0 saturated carbocycles. The molecule has 11 heavy (non-hydrogen) atoms. The number of nitrogens with zero attached hydrogens (tertiary/aromatic N) is 2. The van der Waals surface area contributed by atoms with Crippen molar-refractivity contribution in [2.75, 3.05) is 11.2 Å². The summed E-state index contributed by atoms with van der Waals surface area (Å²) in [7, 11) is 0. The Kier molecular flexibility index (Phi) is 1.25. The van der Waals surface area contributed by atoms with Crippen molar-refractivity contribution < 1.29 is 0 Å². The molecule has 0 amide bonds. The van der Waals surface area contributed by atoms with Crippen molar-refractivity contribution in [3.05, 3.63) is 6.20 Å². The highest BCUT2D eigenvalue weighted by molar-refractivity contribution is 5.61. The quantitative estimate of drug-likeness (QED) is 0.543. The van der Waals surface area contributed by atoms with Gasteiger partial charge in [-0.25, -0.2) is 10.1 Å². The zero-order valence-corrected chi connectivity index (χ0v) is 6.33. The smallest absolute Gasteiger partial charge is 0.163 e. The van der Waals surface area contributed by atoms with Gasteiger partial charge in [0.25, 0.3) is 0 Å². The first-order chi connectivity index (χ1) is 5.33. The molecule has 1 atom stereocenters. The van der Waals surface area contributed by atoms with Crippen LogP contribution < -0.4 is 16.6 Å². The summed E-state index contributed by atoms with van der Waals surface area (Å²) in [6.07, 6.45) is 2.88. The van der Waals surface area contributed by atoms with E-state index in [9.17, 15) is 0 Å². The number of nitrogens with two attached hydrogens (primary N) is 1. The highest BCUT2D eigenvalue weighted by atomic mass is 15.6. The number of nitrogens with one attached hydrogen (secondary N) is 2. The second kappa shape index (κ2) is 2.13. The van der Waals surface area contributed by atoms with E-state index >= 15 is 0 Å². The summed E-state index contributed by atoms with van der Waals surface area (Å²) in [6, 6.07) is 0. The molecule has 0 bridgehead atoms. The second-order valence-electron chi connectivity index (χ2n) is 2.59. The topological polar surface area (TPSA) is 67.9 Å². The van der Waals surface area contributed by atoms with Gasteiger partial charge in [0.05, 0.1) is 11.9 Å². The first-order valence-electron chi connectivity index (χ1n) is 3.67. The zero-order valence-electron chi connectivity index (χ0n) is 6.33. The molecule has 0 aromatic carbocycles. The maximum atomic E-state index is 5.62. The summed E-state index contributed by atoms with van der Waals surface area (Å²) in [4.78, 5) is 0. The number of hydrogen-bond donors (Lipinski definition) is 3. The van der Waals surface area contributed by atoms with E-state index in [0.29, 0.717) is 5.69 Å². The summed E-state index contributed by atoms with van der Waals surface area (Å²) in [5.41, 5.74) is 12.3. The van der Waals surface area contributed by atoms with Crippen LogP contribution in [0.4, 0.5) is 11.5 Å². The molecule has 0 fully saturated rings. The SMILES string of the molecule is CCC1NNc2c(N)cnn21. The Morgan fingerprint density at radius 1 is 1.82 bits per heavy atom. The third-order valence-electron chi connectivity index (χ3n) is 1.86. The van der Waals surface area contributed by atoms with Gasteiger partial charge in [0.15, 0.2) is 5.82 Å². The Hall–Kier alpha value is -1.23. The van der Waals surface area contributed by atoms with Crippen LogP contribution >= 0.6 is 0 Å². The highest BCUT2D eigenvalue weighted by Crippen LogP contribution is 2.25. The maximum Gasteiger partial charge on any atom is 0.163 e. The van der Waals surface area contributed by atoms with Gasteiger partial charge in [0.2, 0.25) is 0 Å². The Bertz CT molecular complexity index is 266. The van der Waals surface area contributed by atoms with E-state index in [0.717, 1.165) is 12.2 Å². The molecule has 0 aliphatic carbocycles. The summed E-state index contributed by atoms with van der Waals surface area (Å²) >= 11 is 0. The lowest BCUT2D eigenvalue weighted by molar-refractivity contribution is 0.431. The molecular weight excluding hydrogens is 142 g/mol. The number of anilines is 2. The molecule has 4 N–H and O–H groups in total. The summed E-state index contributed by atoms with van der Waals surface area (Å²) < 4.78 is 1.86. The molecular formula is C6H11N5. The fraction of sp³-hybridized carbons (Fsp3) is 0.500. The lowest BCUT2D eigenvalue weighted by atomic mass is 10.4. The third-order valence-corrected chi connectivity index (χ3v) is 1.86. The average Bonchev–Trinajstić information content (AvgIpc) is 2.53. The Balaban J connectivity index is 2.40. The number of fused-ring (bicyclic) bond motifs is 1. The van der Waals surface area contributed by atoms with Crippen molar-refractivity contribution >= 4 is 11.5 Å². The van der Waals surface area contributed by atoms with Crippen LogP contribution in [-0.4, -0.2) is 9.78 Å². The number of rotatable bonds is 1. The normalized spacial score (nSPS) is 21.4. The molecule has 5 heteroatoms. The van der Waals surface area contributed by atoms with Crippen LogP contribution in [0.15, 0.2) is 6.20 Å². The Morgan fingerprint density at radius 3 is 3.36 bits per heavy atom. The predicted molar refractivity (Wildman–Crippen MR) is 42.7 cm³/mol. The third kappa shape index (κ3) is 0.775. The largest absolute Gasteiger partial charge is 0.394 e. The van der Waals surface area contributed by atoms with Crippen molar-refractivity contribution in [1.29, 1.82) is 0 Å². The van der Waals surface area contributed by atoms with Crippen LogP contribution in [0.1, 0.15) is 19.5 Å². The van der Waals surface area contributed by atoms with Crippen LogP contribution in [0.3, 0.4) is 0 Å². The number of hydrogen-bond acceptors (Lipinski definition) is 4. The van der Waals surface area contributed by atoms with Crippen molar-refractivity contribution in [2.24, 2.45) is 0 Å². The van der Waals surface area contributed by atoms with Gasteiger partial charge in [0.1, 0.15) is 6.17 Å². The second-order valence-corrected chi connectivity index (χ2v) is 2.59. The summed E-state index contributed by atoms with van der Waals surface area (Å²) in [5, 5.41) is 4.12. The molecule has 2 rings (SSSR count). The number of hydrazine groups is 1. The highest BCUT2D eigenvalue weighted by Gasteiger charge is 2.21. The molecule has 1 aliphatic rings. The monoisotopic (exact) mass is 153 g/mol. The minimum Gasteiger partial charge on any atom is -0.394 e. The van der Waals surface area contributed by atoms with E-state index in [1.54, 1.807) is 6.20 Å². The van der Waals surface area contributed by atoms with E-state index in [4.69, 9.17) is 5.73 Å². The zero-order chi connectivity index (χ0) is 7.84. The molecule has 0 spiro atoms. The number of aromatic nitrogens is 2. The Morgan fingerprint density at radius 2 is 2.64 bits per heavy atom. The van der Waals surface area contributed by atoms with Gasteiger partial charge in [-0.05, 0) is 6.42 Å². The molecule has 5 nitrogen and oxygen atoms in total. The van der Waals surface area contributed by atoms with E-state index in [2.05, 4.69) is 22.9 Å². The first-order valence-corrected chi connectivity index (χ1v) is 3.67. The van der Waals surface area contributed by atoms with Gasteiger partial charge in [-0.15, -0.1) is 0 Å². The molecule has 1 aromatic rings. The van der Waals surface area contributed by atoms with Crippen molar-refractivity contribution in [2.45, 2.75) is 19.5 Å². The van der Waals surface area contributed by atoms with Crippen LogP contribution in [0, 0.1) is 0 Å². The lowest BCUT2D eigenvalue weighted by Crippen LogP contribution is -2.21. The van der Waals surface area contributed by atoms with E-state index < -0.39 is 0 Å². The van der Waals surface area contributed by atoms with Gasteiger partial charge in [-0.3, -0.25) is 0 Å². The van der Waals surface area contributed by atoms with Crippen molar-refractivity contribution in [3.63, 3.8) is 0 Å². The van der Waals surface area contributed by atoms with Gasteiger partial charge in [-0.2, -0.15) is 5.10 Å². The first kappa shape index (κ1) is 6.48. The van der Waals surface area contributed by atoms with Gasteiger partial charge >= 0.3 is 0 Å². The minimum atomic E-state index is 0.238. The van der Waals surface area contributed by atoms with Crippen molar-refractivity contribution in [1.82, 2.24) is 15.2 Å². The minimum absolute atomic E-state index is 0.238. The maximum absolute atomic E-state index is 5.62. The van der Waals surface area contributed by atoms with E-state index in [-0.39, 0.29) is 6.17 Å². The van der Waals surface area contributed by atoms with Crippen LogP contribution in [-0.2, 0) is 0 Å². The fourth-order valence-electron chi connectivity index (χ4n) is 1.23. The molecule has 2 heterocycles. The van der Waals surface area contributed by atoms with Crippen molar-refractivity contribution in [3.8, 4) is 0 Å². The van der Waals surface area contributed by atoms with E-state index in [1.165, 1.54) is 0 Å². The summed E-state index contributed by atoms with van der Waals surface area (Å²) in [6.45, 7) is 2.09. The molecule has 0 saturated heterocycles. The van der Waals surface area contributed by atoms with Crippen LogP contribution in [0.2, 0.25) is 0 Å². The molecule has 1 aromatic heterocycles. The standard InChI is InChI=1S/C6H11N5/c1-2-5-9-10-6-4(7)3-8-11(5)6/h3,5,9-10H,2,7H2,1H3. The molecule has 0 radical (unpaired) electrons. The molecule has 1 aliphatic heterocycles. The predicted octanol–water partition coefficient (Wildman–Crippen LogP) is 0.304. The van der Waals surface area contributed by atoms with Crippen LogP contribution in [0.25, 0.3) is 0 Å². The average molecular weight is 153 g/mol.